The number of rotatable bonds is 6. The Morgan fingerprint density at radius 2 is 2.21 bits per heavy atom. The third-order valence-electron chi connectivity index (χ3n) is 3.56. The number of ether oxygens (including phenoxy) is 1. The highest BCUT2D eigenvalue weighted by molar-refractivity contribution is 7.07. The van der Waals surface area contributed by atoms with Crippen molar-refractivity contribution in [1.29, 1.82) is 0 Å². The number of hydrogen-bond donors (Lipinski definition) is 2. The van der Waals surface area contributed by atoms with Gasteiger partial charge in [-0.05, 0) is 29.8 Å². The second-order valence-corrected chi connectivity index (χ2v) is 5.96. The maximum Gasteiger partial charge on any atom is 0.315 e. The van der Waals surface area contributed by atoms with Gasteiger partial charge in [-0.1, -0.05) is 5.16 Å². The molecule has 0 fully saturated rings. The second kappa shape index (κ2) is 7.78. The van der Waals surface area contributed by atoms with Gasteiger partial charge in [0, 0.05) is 11.8 Å². The van der Waals surface area contributed by atoms with Crippen molar-refractivity contribution in [2.45, 2.75) is 19.1 Å². The van der Waals surface area contributed by atoms with Crippen molar-refractivity contribution in [2.75, 3.05) is 13.7 Å². The van der Waals surface area contributed by atoms with Crippen molar-refractivity contribution in [3.8, 4) is 5.75 Å². The summed E-state index contributed by atoms with van der Waals surface area (Å²) < 4.78 is 5.14. The number of aromatic nitrogens is 1. The van der Waals surface area contributed by atoms with Gasteiger partial charge in [-0.3, -0.25) is 0 Å². The van der Waals surface area contributed by atoms with Crippen LogP contribution in [-0.4, -0.2) is 36.5 Å². The van der Waals surface area contributed by atoms with E-state index in [1.165, 1.54) is 11.3 Å². The Morgan fingerprint density at radius 1 is 1.38 bits per heavy atom. The molecule has 1 aliphatic heterocycles. The van der Waals surface area contributed by atoms with Crippen LogP contribution in [0.2, 0.25) is 0 Å². The first-order valence-corrected chi connectivity index (χ1v) is 8.45. The number of oxime groups is 1. The zero-order chi connectivity index (χ0) is 16.8. The number of benzene rings is 1. The summed E-state index contributed by atoms with van der Waals surface area (Å²) >= 11 is 1.50. The number of urea groups is 1. The Kier molecular flexibility index (Phi) is 5.27. The molecule has 1 aliphatic rings. The van der Waals surface area contributed by atoms with Crippen LogP contribution in [0.25, 0.3) is 0 Å². The SMILES string of the molecule is COc1ccc(C2=NOC(CNC(=O)NCc3cscn3)C2)cc1. The standard InChI is InChI=1S/C16H18N4O3S/c1-22-13-4-2-11(3-5-13)15-6-14(23-20-15)8-18-16(21)17-7-12-9-24-10-19-12/h2-5,9-10,14H,6-8H2,1H3,(H2,17,18,21). The predicted molar refractivity (Wildman–Crippen MR) is 91.4 cm³/mol. The van der Waals surface area contributed by atoms with Gasteiger partial charge in [0.05, 0.1) is 37.1 Å². The number of nitrogens with one attached hydrogen (secondary N) is 2. The van der Waals surface area contributed by atoms with E-state index in [0.29, 0.717) is 19.5 Å². The number of methoxy groups -OCH3 is 1. The number of carbonyl (C=O) groups is 1. The molecule has 1 aromatic heterocycles. The van der Waals surface area contributed by atoms with Crippen molar-refractivity contribution in [3.63, 3.8) is 0 Å². The number of carbonyl (C=O) groups excluding carboxylic acids is 1. The molecule has 24 heavy (non-hydrogen) atoms. The van der Waals surface area contributed by atoms with Crippen molar-refractivity contribution < 1.29 is 14.4 Å². The molecule has 0 radical (unpaired) electrons. The quantitative estimate of drug-likeness (QED) is 0.839. The fourth-order valence-electron chi connectivity index (χ4n) is 2.26. The third-order valence-corrected chi connectivity index (χ3v) is 4.20. The molecular formula is C16H18N4O3S. The molecule has 126 valence electrons. The molecule has 2 N–H and O–H groups in total. The maximum atomic E-state index is 11.8. The zero-order valence-electron chi connectivity index (χ0n) is 13.2. The molecule has 0 bridgehead atoms. The van der Waals surface area contributed by atoms with E-state index in [9.17, 15) is 4.79 Å². The summed E-state index contributed by atoms with van der Waals surface area (Å²) in [6.07, 6.45) is 0.491. The Balaban J connectivity index is 1.41. The van der Waals surface area contributed by atoms with Crippen LogP contribution in [0.1, 0.15) is 17.7 Å². The van der Waals surface area contributed by atoms with E-state index in [4.69, 9.17) is 9.57 Å². The molecule has 3 rings (SSSR count). The van der Waals surface area contributed by atoms with Crippen LogP contribution in [0, 0.1) is 0 Å². The third kappa shape index (κ3) is 4.23. The molecule has 0 saturated heterocycles. The van der Waals surface area contributed by atoms with Crippen LogP contribution in [0.15, 0.2) is 40.3 Å². The van der Waals surface area contributed by atoms with Gasteiger partial charge in [0.1, 0.15) is 5.75 Å². The van der Waals surface area contributed by atoms with E-state index in [1.807, 2.05) is 29.6 Å². The fraction of sp³-hybridized carbons (Fsp3) is 0.312. The first kappa shape index (κ1) is 16.3. The maximum absolute atomic E-state index is 11.8. The van der Waals surface area contributed by atoms with Crippen molar-refractivity contribution >= 4 is 23.1 Å². The molecule has 1 aromatic carbocycles. The highest BCUT2D eigenvalue weighted by Crippen LogP contribution is 2.18. The molecule has 0 spiro atoms. The average molecular weight is 346 g/mol. The molecule has 0 saturated carbocycles. The van der Waals surface area contributed by atoms with Crippen LogP contribution in [-0.2, 0) is 11.4 Å². The van der Waals surface area contributed by atoms with E-state index in [-0.39, 0.29) is 12.1 Å². The minimum atomic E-state index is -0.246. The van der Waals surface area contributed by atoms with E-state index < -0.39 is 0 Å². The summed E-state index contributed by atoms with van der Waals surface area (Å²) in [4.78, 5) is 21.3. The van der Waals surface area contributed by atoms with Crippen LogP contribution in [0.3, 0.4) is 0 Å². The van der Waals surface area contributed by atoms with Crippen molar-refractivity contribution in [3.05, 3.63) is 46.4 Å². The molecule has 2 aromatic rings. The van der Waals surface area contributed by atoms with E-state index in [2.05, 4.69) is 20.8 Å². The lowest BCUT2D eigenvalue weighted by Gasteiger charge is -2.10. The molecule has 2 heterocycles. The molecule has 2 amide bonds. The average Bonchev–Trinajstić information content (AvgIpc) is 3.30. The van der Waals surface area contributed by atoms with Gasteiger partial charge in [0.2, 0.25) is 0 Å². The van der Waals surface area contributed by atoms with Crippen molar-refractivity contribution in [2.24, 2.45) is 5.16 Å². The highest BCUT2D eigenvalue weighted by atomic mass is 32.1. The van der Waals surface area contributed by atoms with Gasteiger partial charge >= 0.3 is 6.03 Å². The lowest BCUT2D eigenvalue weighted by molar-refractivity contribution is 0.0865. The fourth-order valence-corrected chi connectivity index (χ4v) is 2.81. The van der Waals surface area contributed by atoms with Gasteiger partial charge in [0.15, 0.2) is 6.10 Å². The first-order chi connectivity index (χ1) is 11.7. The van der Waals surface area contributed by atoms with Crippen LogP contribution in [0.5, 0.6) is 5.75 Å². The summed E-state index contributed by atoms with van der Waals surface area (Å²) in [7, 11) is 1.63. The van der Waals surface area contributed by atoms with Gasteiger partial charge in [-0.25, -0.2) is 9.78 Å². The summed E-state index contributed by atoms with van der Waals surface area (Å²) in [6.45, 7) is 0.806. The molecule has 1 atom stereocenters. The topological polar surface area (TPSA) is 84.8 Å². The Morgan fingerprint density at radius 3 is 2.92 bits per heavy atom. The number of hydrogen-bond acceptors (Lipinski definition) is 6. The predicted octanol–water partition coefficient (Wildman–Crippen LogP) is 2.14. The van der Waals surface area contributed by atoms with Gasteiger partial charge < -0.3 is 20.2 Å². The Labute approximate surface area is 143 Å². The summed E-state index contributed by atoms with van der Waals surface area (Å²) in [6, 6.07) is 7.41. The largest absolute Gasteiger partial charge is 0.497 e. The molecule has 7 nitrogen and oxygen atoms in total. The van der Waals surface area contributed by atoms with E-state index in [0.717, 1.165) is 22.7 Å². The molecule has 8 heteroatoms. The zero-order valence-corrected chi connectivity index (χ0v) is 14.0. The summed E-state index contributed by atoms with van der Waals surface area (Å²) in [5, 5.41) is 11.5. The lowest BCUT2D eigenvalue weighted by Crippen LogP contribution is -2.39. The number of thiazole rings is 1. The first-order valence-electron chi connectivity index (χ1n) is 7.50. The van der Waals surface area contributed by atoms with Gasteiger partial charge in [-0.15, -0.1) is 11.3 Å². The van der Waals surface area contributed by atoms with Gasteiger partial charge in [-0.2, -0.15) is 0 Å². The monoisotopic (exact) mass is 346 g/mol. The van der Waals surface area contributed by atoms with Crippen molar-refractivity contribution in [1.82, 2.24) is 15.6 Å². The van der Waals surface area contributed by atoms with Crippen LogP contribution < -0.4 is 15.4 Å². The van der Waals surface area contributed by atoms with Crippen LogP contribution in [0.4, 0.5) is 4.79 Å². The lowest BCUT2D eigenvalue weighted by atomic mass is 10.0. The Hall–Kier alpha value is -2.61. The normalized spacial score (nSPS) is 16.2. The Bertz CT molecular complexity index is 701. The van der Waals surface area contributed by atoms with Gasteiger partial charge in [0.25, 0.3) is 0 Å². The highest BCUT2D eigenvalue weighted by Gasteiger charge is 2.22. The summed E-state index contributed by atoms with van der Waals surface area (Å²) in [5.74, 6) is 0.799. The smallest absolute Gasteiger partial charge is 0.315 e. The molecule has 0 aliphatic carbocycles. The molecular weight excluding hydrogens is 328 g/mol. The number of amides is 2. The minimum absolute atomic E-state index is 0.160. The minimum Gasteiger partial charge on any atom is -0.497 e. The van der Waals surface area contributed by atoms with E-state index >= 15 is 0 Å². The number of nitrogens with zero attached hydrogens (tertiary/aromatic N) is 2. The van der Waals surface area contributed by atoms with Crippen LogP contribution >= 0.6 is 11.3 Å². The molecule has 1 unspecified atom stereocenters. The second-order valence-electron chi connectivity index (χ2n) is 5.24. The van der Waals surface area contributed by atoms with E-state index in [1.54, 1.807) is 12.6 Å². The summed E-state index contributed by atoms with van der Waals surface area (Å²) in [5.41, 5.74) is 4.44.